The van der Waals surface area contributed by atoms with Crippen LogP contribution < -0.4 is 5.32 Å². The van der Waals surface area contributed by atoms with Gasteiger partial charge in [0.2, 0.25) is 0 Å². The molecule has 2 aromatic rings. The van der Waals surface area contributed by atoms with Gasteiger partial charge in [0.05, 0.1) is 11.7 Å². The van der Waals surface area contributed by atoms with E-state index in [9.17, 15) is 0 Å². The minimum Gasteiger partial charge on any atom is -0.464 e. The lowest BCUT2D eigenvalue weighted by atomic mass is 10.0. The predicted octanol–water partition coefficient (Wildman–Crippen LogP) is 3.90. The number of thiocarbonyl (C=S) groups is 1. The fourth-order valence-corrected chi connectivity index (χ4v) is 4.25. The molecule has 2 aliphatic rings. The van der Waals surface area contributed by atoms with Crippen molar-refractivity contribution < 1.29 is 4.42 Å². The summed E-state index contributed by atoms with van der Waals surface area (Å²) in [5, 5.41) is 4.32. The molecule has 0 bridgehead atoms. The van der Waals surface area contributed by atoms with Crippen LogP contribution in [-0.4, -0.2) is 21.0 Å². The molecule has 4 rings (SSSR count). The zero-order chi connectivity index (χ0) is 15.8. The van der Waals surface area contributed by atoms with Gasteiger partial charge in [-0.05, 0) is 56.2 Å². The number of furan rings is 1. The zero-order valence-electron chi connectivity index (χ0n) is 13.2. The molecule has 1 N–H and O–H groups in total. The van der Waals surface area contributed by atoms with Crippen LogP contribution in [0.15, 0.2) is 40.9 Å². The van der Waals surface area contributed by atoms with E-state index in [2.05, 4.69) is 27.3 Å². The molecule has 23 heavy (non-hydrogen) atoms. The topological polar surface area (TPSA) is 41.3 Å². The molecule has 3 heterocycles. The Bertz CT molecular complexity index is 693. The highest BCUT2D eigenvalue weighted by Gasteiger charge is 2.45. The number of hydrogen-bond donors (Lipinski definition) is 1. The van der Waals surface area contributed by atoms with Gasteiger partial charge in [0.15, 0.2) is 5.11 Å². The van der Waals surface area contributed by atoms with Gasteiger partial charge in [-0.1, -0.05) is 18.9 Å². The van der Waals surface area contributed by atoms with Crippen molar-refractivity contribution in [2.45, 2.75) is 50.7 Å². The largest absolute Gasteiger partial charge is 0.464 e. The fourth-order valence-electron chi connectivity index (χ4n) is 3.86. The van der Waals surface area contributed by atoms with E-state index in [1.807, 2.05) is 31.3 Å². The van der Waals surface area contributed by atoms with Gasteiger partial charge in [0.25, 0.3) is 0 Å². The molecule has 2 fully saturated rings. The summed E-state index contributed by atoms with van der Waals surface area (Å²) in [5.41, 5.74) is 1.01. The fraction of sp³-hybridized carbons (Fsp3) is 0.444. The summed E-state index contributed by atoms with van der Waals surface area (Å²) in [5.74, 6) is 1.90. The van der Waals surface area contributed by atoms with Gasteiger partial charge < -0.3 is 14.6 Å². The number of nitrogens with one attached hydrogen (secondary N) is 1. The third-order valence-electron chi connectivity index (χ3n) is 4.91. The molecule has 120 valence electrons. The Kier molecular flexibility index (Phi) is 3.81. The second kappa shape index (κ2) is 5.96. The Balaban J connectivity index is 1.75. The highest BCUT2D eigenvalue weighted by atomic mass is 32.1. The van der Waals surface area contributed by atoms with E-state index in [0.717, 1.165) is 22.3 Å². The lowest BCUT2D eigenvalue weighted by Crippen LogP contribution is -2.37. The molecule has 2 aromatic heterocycles. The maximum Gasteiger partial charge on any atom is 0.170 e. The first-order valence-electron chi connectivity index (χ1n) is 8.30. The van der Waals surface area contributed by atoms with Gasteiger partial charge in [0.1, 0.15) is 17.6 Å². The van der Waals surface area contributed by atoms with Crippen LogP contribution in [0.25, 0.3) is 0 Å². The molecular weight excluding hydrogens is 306 g/mol. The molecule has 1 saturated carbocycles. The summed E-state index contributed by atoms with van der Waals surface area (Å²) in [7, 11) is 0. The van der Waals surface area contributed by atoms with Crippen molar-refractivity contribution in [2.24, 2.45) is 0 Å². The molecule has 4 nitrogen and oxygen atoms in total. The van der Waals surface area contributed by atoms with Gasteiger partial charge in [-0.3, -0.25) is 4.98 Å². The molecule has 1 aliphatic heterocycles. The maximum absolute atomic E-state index is 5.99. The van der Waals surface area contributed by atoms with Crippen molar-refractivity contribution in [3.8, 4) is 0 Å². The van der Waals surface area contributed by atoms with Crippen LogP contribution in [0.1, 0.15) is 55.0 Å². The standard InChI is InChI=1S/C18H21N3OS/c1-12-9-10-15(22-12)17-16(14-8-4-5-11-19-14)20-18(23)21(17)13-6-2-3-7-13/h4-5,8-11,13,16-17H,2-3,6-7H2,1H3,(H,20,23)/t16-,17-/m0/s1. The SMILES string of the molecule is Cc1ccc([C@H]2[C@H](c3ccccn3)NC(=S)N2C2CCCC2)o1. The van der Waals surface area contributed by atoms with E-state index in [-0.39, 0.29) is 12.1 Å². The summed E-state index contributed by atoms with van der Waals surface area (Å²) in [6.07, 6.45) is 6.80. The van der Waals surface area contributed by atoms with Crippen molar-refractivity contribution in [1.29, 1.82) is 0 Å². The van der Waals surface area contributed by atoms with Gasteiger partial charge in [-0.25, -0.2) is 0 Å². The Morgan fingerprint density at radius 3 is 2.70 bits per heavy atom. The first-order chi connectivity index (χ1) is 11.2. The Morgan fingerprint density at radius 2 is 2.04 bits per heavy atom. The normalized spacial score (nSPS) is 25.1. The quantitative estimate of drug-likeness (QED) is 0.866. The van der Waals surface area contributed by atoms with E-state index in [1.165, 1.54) is 25.7 Å². The first kappa shape index (κ1) is 14.7. The van der Waals surface area contributed by atoms with E-state index in [0.29, 0.717) is 6.04 Å². The number of nitrogens with zero attached hydrogens (tertiary/aromatic N) is 2. The molecule has 0 unspecified atom stereocenters. The van der Waals surface area contributed by atoms with Crippen molar-refractivity contribution >= 4 is 17.3 Å². The van der Waals surface area contributed by atoms with Crippen LogP contribution in [-0.2, 0) is 0 Å². The summed E-state index contributed by atoms with van der Waals surface area (Å²) in [6, 6.07) is 10.7. The Labute approximate surface area is 141 Å². The number of hydrogen-bond acceptors (Lipinski definition) is 3. The lowest BCUT2D eigenvalue weighted by Gasteiger charge is -2.31. The molecule has 0 aromatic carbocycles. The van der Waals surface area contributed by atoms with Gasteiger partial charge in [0, 0.05) is 12.2 Å². The summed E-state index contributed by atoms with van der Waals surface area (Å²) in [6.45, 7) is 1.99. The predicted molar refractivity (Wildman–Crippen MR) is 93.0 cm³/mol. The third-order valence-corrected chi connectivity index (χ3v) is 5.23. The summed E-state index contributed by atoms with van der Waals surface area (Å²) < 4.78 is 5.99. The summed E-state index contributed by atoms with van der Waals surface area (Å²) >= 11 is 5.68. The third kappa shape index (κ3) is 2.63. The number of rotatable bonds is 3. The highest BCUT2D eigenvalue weighted by molar-refractivity contribution is 7.80. The average Bonchev–Trinajstić information content (AvgIpc) is 3.27. The zero-order valence-corrected chi connectivity index (χ0v) is 14.1. The smallest absolute Gasteiger partial charge is 0.170 e. The molecule has 0 radical (unpaired) electrons. The second-order valence-corrected chi connectivity index (χ2v) is 6.81. The molecule has 1 aliphatic carbocycles. The monoisotopic (exact) mass is 327 g/mol. The van der Waals surface area contributed by atoms with Crippen LogP contribution in [0.2, 0.25) is 0 Å². The van der Waals surface area contributed by atoms with Crippen LogP contribution in [0.4, 0.5) is 0 Å². The van der Waals surface area contributed by atoms with Crippen LogP contribution in [0, 0.1) is 6.92 Å². The molecule has 0 amide bonds. The molecular formula is C18H21N3OS. The van der Waals surface area contributed by atoms with Crippen LogP contribution >= 0.6 is 12.2 Å². The minimum absolute atomic E-state index is 0.0369. The van der Waals surface area contributed by atoms with E-state index in [4.69, 9.17) is 16.6 Å². The van der Waals surface area contributed by atoms with Crippen LogP contribution in [0.5, 0.6) is 0 Å². The molecule has 0 spiro atoms. The first-order valence-corrected chi connectivity index (χ1v) is 8.71. The van der Waals surface area contributed by atoms with Crippen molar-refractivity contribution in [2.75, 3.05) is 0 Å². The summed E-state index contributed by atoms with van der Waals surface area (Å²) in [4.78, 5) is 6.91. The van der Waals surface area contributed by atoms with Crippen LogP contribution in [0.3, 0.4) is 0 Å². The van der Waals surface area contributed by atoms with Gasteiger partial charge in [-0.15, -0.1) is 0 Å². The Morgan fingerprint density at radius 1 is 1.22 bits per heavy atom. The van der Waals surface area contributed by atoms with Crippen molar-refractivity contribution in [1.82, 2.24) is 15.2 Å². The maximum atomic E-state index is 5.99. The van der Waals surface area contributed by atoms with E-state index < -0.39 is 0 Å². The molecule has 5 heteroatoms. The molecule has 2 atom stereocenters. The minimum atomic E-state index is 0.0369. The number of aryl methyl sites for hydroxylation is 1. The Hall–Kier alpha value is -1.88. The van der Waals surface area contributed by atoms with E-state index >= 15 is 0 Å². The number of aromatic nitrogens is 1. The van der Waals surface area contributed by atoms with Crippen molar-refractivity contribution in [3.63, 3.8) is 0 Å². The lowest BCUT2D eigenvalue weighted by molar-refractivity contribution is 0.215. The van der Waals surface area contributed by atoms with E-state index in [1.54, 1.807) is 0 Å². The number of pyridine rings is 1. The molecule has 1 saturated heterocycles. The van der Waals surface area contributed by atoms with Crippen molar-refractivity contribution in [3.05, 3.63) is 53.7 Å². The van der Waals surface area contributed by atoms with Gasteiger partial charge in [-0.2, -0.15) is 0 Å². The average molecular weight is 327 g/mol. The second-order valence-electron chi connectivity index (χ2n) is 6.42. The van der Waals surface area contributed by atoms with Gasteiger partial charge >= 0.3 is 0 Å². The highest BCUT2D eigenvalue weighted by Crippen LogP contribution is 2.43.